The van der Waals surface area contributed by atoms with Gasteiger partial charge in [-0.15, -0.1) is 0 Å². The standard InChI is InChI=1S/C17H18N4OS/c1-2-3-4-8-11-23-17-19-15-14(16(22)20-17)12-18-21(15)13-9-6-5-7-10-13/h3-7,9-10,12H,2,8,11H2,1H3,(H,19,20,22). The number of aromatic nitrogens is 4. The summed E-state index contributed by atoms with van der Waals surface area (Å²) in [5.41, 5.74) is 1.33. The SMILES string of the molecule is CCC=CCCSc1nc2c(cnn2-c2ccccc2)c(=O)[nH]1. The molecule has 0 aliphatic rings. The molecule has 0 amide bonds. The zero-order valence-electron chi connectivity index (χ0n) is 12.9. The van der Waals surface area contributed by atoms with Crippen molar-refractivity contribution < 1.29 is 0 Å². The third-order valence-corrected chi connectivity index (χ3v) is 4.25. The molecule has 0 atom stereocenters. The first-order chi connectivity index (χ1) is 11.3. The highest BCUT2D eigenvalue weighted by atomic mass is 32.2. The molecule has 5 nitrogen and oxygen atoms in total. The van der Waals surface area contributed by atoms with Crippen molar-refractivity contribution in [3.8, 4) is 5.69 Å². The zero-order valence-corrected chi connectivity index (χ0v) is 13.7. The van der Waals surface area contributed by atoms with Gasteiger partial charge in [-0.1, -0.05) is 49.0 Å². The van der Waals surface area contributed by atoms with Crippen LogP contribution >= 0.6 is 11.8 Å². The van der Waals surface area contributed by atoms with Crippen molar-refractivity contribution in [1.82, 2.24) is 19.7 Å². The minimum atomic E-state index is -0.149. The summed E-state index contributed by atoms with van der Waals surface area (Å²) in [5.74, 6) is 0.879. The predicted octanol–water partition coefficient (Wildman–Crippen LogP) is 3.56. The predicted molar refractivity (Wildman–Crippen MR) is 94.3 cm³/mol. The minimum Gasteiger partial charge on any atom is -0.301 e. The van der Waals surface area contributed by atoms with Crippen molar-refractivity contribution in [1.29, 1.82) is 0 Å². The smallest absolute Gasteiger partial charge is 0.262 e. The average Bonchev–Trinajstić information content (AvgIpc) is 3.00. The summed E-state index contributed by atoms with van der Waals surface area (Å²) in [7, 11) is 0. The molecule has 0 radical (unpaired) electrons. The molecule has 1 N–H and O–H groups in total. The van der Waals surface area contributed by atoms with Gasteiger partial charge in [-0.3, -0.25) is 4.79 Å². The molecule has 2 aromatic heterocycles. The van der Waals surface area contributed by atoms with Gasteiger partial charge in [-0.25, -0.2) is 9.67 Å². The maximum absolute atomic E-state index is 12.2. The van der Waals surface area contributed by atoms with Crippen LogP contribution in [-0.2, 0) is 0 Å². The first-order valence-electron chi connectivity index (χ1n) is 7.61. The van der Waals surface area contributed by atoms with Crippen LogP contribution in [-0.4, -0.2) is 25.5 Å². The Kier molecular flexibility index (Phi) is 4.92. The highest BCUT2D eigenvalue weighted by Crippen LogP contribution is 2.18. The van der Waals surface area contributed by atoms with Crippen LogP contribution in [0.1, 0.15) is 19.8 Å². The van der Waals surface area contributed by atoms with Crippen molar-refractivity contribution >= 4 is 22.8 Å². The number of benzene rings is 1. The lowest BCUT2D eigenvalue weighted by Gasteiger charge is -2.04. The van der Waals surface area contributed by atoms with Gasteiger partial charge >= 0.3 is 0 Å². The fourth-order valence-corrected chi connectivity index (χ4v) is 3.00. The number of hydrogen-bond acceptors (Lipinski definition) is 4. The first kappa shape index (κ1) is 15.6. The highest BCUT2D eigenvalue weighted by molar-refractivity contribution is 7.99. The molecule has 0 saturated heterocycles. The molecule has 3 rings (SSSR count). The molecule has 0 saturated carbocycles. The number of nitrogens with one attached hydrogen (secondary N) is 1. The molecule has 0 bridgehead atoms. The van der Waals surface area contributed by atoms with Crippen LogP contribution < -0.4 is 5.56 Å². The number of para-hydroxylation sites is 1. The largest absolute Gasteiger partial charge is 0.301 e. The average molecular weight is 326 g/mol. The summed E-state index contributed by atoms with van der Waals surface area (Å²) < 4.78 is 1.70. The Morgan fingerprint density at radius 1 is 1.26 bits per heavy atom. The Morgan fingerprint density at radius 3 is 2.87 bits per heavy atom. The number of nitrogens with zero attached hydrogens (tertiary/aromatic N) is 3. The summed E-state index contributed by atoms with van der Waals surface area (Å²) in [6, 6.07) is 9.70. The Balaban J connectivity index is 1.90. The van der Waals surface area contributed by atoms with Crippen LogP contribution in [0.3, 0.4) is 0 Å². The maximum Gasteiger partial charge on any atom is 0.262 e. The molecule has 0 unspecified atom stereocenters. The second-order valence-corrected chi connectivity index (χ2v) is 6.10. The number of allylic oxidation sites excluding steroid dienone is 2. The van der Waals surface area contributed by atoms with Crippen LogP contribution in [0, 0.1) is 0 Å². The number of aromatic amines is 1. The van der Waals surface area contributed by atoms with E-state index < -0.39 is 0 Å². The van der Waals surface area contributed by atoms with Gasteiger partial charge in [0.15, 0.2) is 10.8 Å². The lowest BCUT2D eigenvalue weighted by atomic mass is 10.3. The van der Waals surface area contributed by atoms with E-state index in [1.807, 2.05) is 30.3 Å². The van der Waals surface area contributed by atoms with Crippen LogP contribution in [0.15, 0.2) is 58.6 Å². The molecule has 0 spiro atoms. The molecule has 23 heavy (non-hydrogen) atoms. The quantitative estimate of drug-likeness (QED) is 0.326. The van der Waals surface area contributed by atoms with Gasteiger partial charge in [-0.2, -0.15) is 5.10 Å². The van der Waals surface area contributed by atoms with Crippen molar-refractivity contribution in [3.05, 3.63) is 59.0 Å². The Labute approximate surface area is 138 Å². The molecule has 118 valence electrons. The first-order valence-corrected chi connectivity index (χ1v) is 8.59. The Bertz CT molecular complexity index is 867. The van der Waals surface area contributed by atoms with Crippen LogP contribution in [0.5, 0.6) is 0 Å². The monoisotopic (exact) mass is 326 g/mol. The van der Waals surface area contributed by atoms with E-state index in [0.717, 1.165) is 24.3 Å². The second kappa shape index (κ2) is 7.28. The number of fused-ring (bicyclic) bond motifs is 1. The van der Waals surface area contributed by atoms with Gasteiger partial charge in [0, 0.05) is 5.75 Å². The molecule has 0 aliphatic heterocycles. The number of thioether (sulfide) groups is 1. The minimum absolute atomic E-state index is 0.149. The van der Waals surface area contributed by atoms with Crippen LogP contribution in [0.2, 0.25) is 0 Å². The topological polar surface area (TPSA) is 63.6 Å². The van der Waals surface area contributed by atoms with E-state index in [-0.39, 0.29) is 5.56 Å². The summed E-state index contributed by atoms with van der Waals surface area (Å²) >= 11 is 1.55. The van der Waals surface area contributed by atoms with Crippen LogP contribution in [0.4, 0.5) is 0 Å². The van der Waals surface area contributed by atoms with Gasteiger partial charge in [0.2, 0.25) is 0 Å². The van der Waals surface area contributed by atoms with E-state index in [4.69, 9.17) is 0 Å². The van der Waals surface area contributed by atoms with Gasteiger partial charge in [0.05, 0.1) is 11.9 Å². The molecule has 0 aliphatic carbocycles. The fraction of sp³-hybridized carbons (Fsp3) is 0.235. The van der Waals surface area contributed by atoms with Crippen molar-refractivity contribution in [2.45, 2.75) is 24.9 Å². The summed E-state index contributed by atoms with van der Waals surface area (Å²) in [4.78, 5) is 19.6. The van der Waals surface area contributed by atoms with Gasteiger partial charge in [-0.05, 0) is 25.0 Å². The summed E-state index contributed by atoms with van der Waals surface area (Å²) in [5, 5.41) is 5.44. The fourth-order valence-electron chi connectivity index (χ4n) is 2.23. The summed E-state index contributed by atoms with van der Waals surface area (Å²) in [6.45, 7) is 2.11. The van der Waals surface area contributed by atoms with E-state index in [9.17, 15) is 4.79 Å². The maximum atomic E-state index is 12.2. The molecule has 0 fully saturated rings. The molecular weight excluding hydrogens is 308 g/mol. The third kappa shape index (κ3) is 3.53. The molecule has 1 aromatic carbocycles. The molecule has 6 heteroatoms. The highest BCUT2D eigenvalue weighted by Gasteiger charge is 2.11. The molecule has 2 heterocycles. The molecular formula is C17H18N4OS. The van der Waals surface area contributed by atoms with E-state index in [1.165, 1.54) is 0 Å². The van der Waals surface area contributed by atoms with Crippen molar-refractivity contribution in [2.75, 3.05) is 5.75 Å². The second-order valence-electron chi connectivity index (χ2n) is 5.02. The Morgan fingerprint density at radius 2 is 2.09 bits per heavy atom. The third-order valence-electron chi connectivity index (χ3n) is 3.34. The van der Waals surface area contributed by atoms with E-state index in [0.29, 0.717) is 16.2 Å². The van der Waals surface area contributed by atoms with E-state index in [2.05, 4.69) is 34.1 Å². The van der Waals surface area contributed by atoms with Gasteiger partial charge in [0.1, 0.15) is 5.39 Å². The normalized spacial score (nSPS) is 11.5. The number of H-pyrrole nitrogens is 1. The number of hydrogen-bond donors (Lipinski definition) is 1. The van der Waals surface area contributed by atoms with Crippen LogP contribution in [0.25, 0.3) is 16.7 Å². The zero-order chi connectivity index (χ0) is 16.1. The lowest BCUT2D eigenvalue weighted by molar-refractivity contribution is 0.872. The van der Waals surface area contributed by atoms with Gasteiger partial charge in [0.25, 0.3) is 5.56 Å². The van der Waals surface area contributed by atoms with E-state index >= 15 is 0 Å². The summed E-state index contributed by atoms with van der Waals surface area (Å²) in [6.07, 6.45) is 7.86. The van der Waals surface area contributed by atoms with E-state index in [1.54, 1.807) is 22.6 Å². The van der Waals surface area contributed by atoms with Crippen molar-refractivity contribution in [3.63, 3.8) is 0 Å². The Hall–Kier alpha value is -2.34. The number of rotatable bonds is 6. The molecule has 3 aromatic rings. The van der Waals surface area contributed by atoms with Crippen molar-refractivity contribution in [2.24, 2.45) is 0 Å². The lowest BCUT2D eigenvalue weighted by Crippen LogP contribution is -2.09. The van der Waals surface area contributed by atoms with Gasteiger partial charge < -0.3 is 4.98 Å².